The maximum atomic E-state index is 10.0. The molecule has 0 saturated carbocycles. The summed E-state index contributed by atoms with van der Waals surface area (Å²) in [5.41, 5.74) is 0. The van der Waals surface area contributed by atoms with E-state index in [1.165, 1.54) is 0 Å². The first kappa shape index (κ1) is 9.43. The van der Waals surface area contributed by atoms with Gasteiger partial charge in [0.25, 0.3) is 0 Å². The number of hydrogen-bond acceptors (Lipinski definition) is 2. The van der Waals surface area contributed by atoms with Crippen molar-refractivity contribution >= 4 is 6.41 Å². The van der Waals surface area contributed by atoms with Gasteiger partial charge in [-0.3, -0.25) is 4.79 Å². The van der Waals surface area contributed by atoms with E-state index in [9.17, 15) is 4.79 Å². The van der Waals surface area contributed by atoms with E-state index in [1.807, 2.05) is 13.8 Å². The number of amides is 1. The standard InChI is InChI=1S/C7H15NO2/c1-6(2)7(4-10-3)8-5-9/h5-7H,4H2,1-3H3,(H,8,9). The number of hydrogen-bond donors (Lipinski definition) is 1. The fourth-order valence-electron chi connectivity index (χ4n) is 0.700. The molecule has 0 bridgehead atoms. The summed E-state index contributed by atoms with van der Waals surface area (Å²) in [5.74, 6) is 0.421. The summed E-state index contributed by atoms with van der Waals surface area (Å²) >= 11 is 0. The van der Waals surface area contributed by atoms with Crippen LogP contribution in [-0.4, -0.2) is 26.2 Å². The van der Waals surface area contributed by atoms with Crippen molar-refractivity contribution in [1.29, 1.82) is 0 Å². The van der Waals surface area contributed by atoms with E-state index < -0.39 is 0 Å². The second-order valence-corrected chi connectivity index (χ2v) is 2.59. The highest BCUT2D eigenvalue weighted by atomic mass is 16.5. The smallest absolute Gasteiger partial charge is 0.207 e. The highest BCUT2D eigenvalue weighted by Crippen LogP contribution is 1.99. The second-order valence-electron chi connectivity index (χ2n) is 2.59. The van der Waals surface area contributed by atoms with E-state index in [2.05, 4.69) is 5.32 Å². The summed E-state index contributed by atoms with van der Waals surface area (Å²) in [6.07, 6.45) is 0.712. The number of rotatable bonds is 5. The van der Waals surface area contributed by atoms with Crippen LogP contribution in [0.15, 0.2) is 0 Å². The molecule has 0 radical (unpaired) electrons. The quantitative estimate of drug-likeness (QED) is 0.569. The van der Waals surface area contributed by atoms with E-state index in [0.717, 1.165) is 0 Å². The molecule has 0 fully saturated rings. The molecule has 0 spiro atoms. The minimum Gasteiger partial charge on any atom is -0.383 e. The first-order valence-corrected chi connectivity index (χ1v) is 3.41. The molecular weight excluding hydrogens is 130 g/mol. The Labute approximate surface area is 61.8 Å². The Kier molecular flexibility index (Phi) is 4.94. The topological polar surface area (TPSA) is 38.3 Å². The highest BCUT2D eigenvalue weighted by Gasteiger charge is 2.10. The van der Waals surface area contributed by atoms with Crippen LogP contribution in [0.1, 0.15) is 13.8 Å². The molecule has 0 aliphatic carbocycles. The molecule has 0 heterocycles. The Balaban J connectivity index is 3.60. The Bertz CT molecular complexity index is 93.6. The van der Waals surface area contributed by atoms with Crippen LogP contribution in [0.25, 0.3) is 0 Å². The lowest BCUT2D eigenvalue weighted by Gasteiger charge is -2.18. The highest BCUT2D eigenvalue weighted by molar-refractivity contribution is 5.46. The summed E-state index contributed by atoms with van der Waals surface area (Å²) in [6.45, 7) is 4.66. The van der Waals surface area contributed by atoms with Gasteiger partial charge in [0.05, 0.1) is 12.6 Å². The summed E-state index contributed by atoms with van der Waals surface area (Å²) in [6, 6.07) is 0.141. The van der Waals surface area contributed by atoms with Gasteiger partial charge in [0.2, 0.25) is 6.41 Å². The van der Waals surface area contributed by atoms with Gasteiger partial charge in [0, 0.05) is 7.11 Å². The third kappa shape index (κ3) is 3.45. The van der Waals surface area contributed by atoms with E-state index >= 15 is 0 Å². The van der Waals surface area contributed by atoms with Gasteiger partial charge in [-0.15, -0.1) is 0 Å². The summed E-state index contributed by atoms with van der Waals surface area (Å²) in [7, 11) is 1.63. The van der Waals surface area contributed by atoms with Crippen molar-refractivity contribution in [2.24, 2.45) is 5.92 Å². The van der Waals surface area contributed by atoms with Crippen molar-refractivity contribution in [1.82, 2.24) is 5.32 Å². The van der Waals surface area contributed by atoms with Gasteiger partial charge in [0.1, 0.15) is 0 Å². The lowest BCUT2D eigenvalue weighted by molar-refractivity contribution is -0.110. The minimum atomic E-state index is 0.141. The SMILES string of the molecule is COCC(NC=O)C(C)C. The van der Waals surface area contributed by atoms with Crippen molar-refractivity contribution in [3.63, 3.8) is 0 Å². The van der Waals surface area contributed by atoms with Gasteiger partial charge in [-0.05, 0) is 5.92 Å². The summed E-state index contributed by atoms with van der Waals surface area (Å²) in [4.78, 5) is 10.0. The van der Waals surface area contributed by atoms with Crippen LogP contribution in [0.2, 0.25) is 0 Å². The fourth-order valence-corrected chi connectivity index (χ4v) is 0.700. The lowest BCUT2D eigenvalue weighted by atomic mass is 10.1. The zero-order valence-corrected chi connectivity index (χ0v) is 6.76. The predicted molar refractivity (Wildman–Crippen MR) is 39.7 cm³/mol. The maximum absolute atomic E-state index is 10.0. The number of nitrogens with one attached hydrogen (secondary N) is 1. The van der Waals surface area contributed by atoms with Gasteiger partial charge in [0.15, 0.2) is 0 Å². The monoisotopic (exact) mass is 145 g/mol. The van der Waals surface area contributed by atoms with E-state index in [-0.39, 0.29) is 6.04 Å². The zero-order chi connectivity index (χ0) is 7.98. The van der Waals surface area contributed by atoms with E-state index in [0.29, 0.717) is 18.9 Å². The number of methoxy groups -OCH3 is 1. The first-order chi connectivity index (χ1) is 4.72. The molecule has 1 unspecified atom stereocenters. The predicted octanol–water partition coefficient (Wildman–Crippen LogP) is 0.403. The Hall–Kier alpha value is -0.570. The third-order valence-electron chi connectivity index (χ3n) is 1.43. The molecule has 0 aliphatic rings. The third-order valence-corrected chi connectivity index (χ3v) is 1.43. The average Bonchev–Trinajstić information content (AvgIpc) is 1.87. The van der Waals surface area contributed by atoms with Crippen LogP contribution < -0.4 is 5.32 Å². The molecule has 0 aromatic carbocycles. The van der Waals surface area contributed by atoms with Crippen molar-refractivity contribution in [2.75, 3.05) is 13.7 Å². The van der Waals surface area contributed by atoms with Gasteiger partial charge < -0.3 is 10.1 Å². The molecular formula is C7H15NO2. The summed E-state index contributed by atoms with van der Waals surface area (Å²) < 4.78 is 4.90. The molecule has 3 heteroatoms. The minimum absolute atomic E-state index is 0.141. The van der Waals surface area contributed by atoms with Crippen LogP contribution in [0.4, 0.5) is 0 Å². The van der Waals surface area contributed by atoms with Gasteiger partial charge in [-0.2, -0.15) is 0 Å². The van der Waals surface area contributed by atoms with Crippen molar-refractivity contribution in [3.8, 4) is 0 Å². The van der Waals surface area contributed by atoms with Crippen LogP contribution in [0, 0.1) is 5.92 Å². The molecule has 1 amide bonds. The van der Waals surface area contributed by atoms with Crippen molar-refractivity contribution in [2.45, 2.75) is 19.9 Å². The van der Waals surface area contributed by atoms with Crippen LogP contribution in [0.3, 0.4) is 0 Å². The normalized spacial score (nSPS) is 13.2. The molecule has 1 N–H and O–H groups in total. The maximum Gasteiger partial charge on any atom is 0.207 e. The summed E-state index contributed by atoms with van der Waals surface area (Å²) in [5, 5.41) is 2.68. The zero-order valence-electron chi connectivity index (χ0n) is 6.76. The Morgan fingerprint density at radius 1 is 1.60 bits per heavy atom. The lowest BCUT2D eigenvalue weighted by Crippen LogP contribution is -2.36. The molecule has 0 aromatic heterocycles. The van der Waals surface area contributed by atoms with Crippen molar-refractivity contribution in [3.05, 3.63) is 0 Å². The molecule has 3 nitrogen and oxygen atoms in total. The molecule has 10 heavy (non-hydrogen) atoms. The average molecular weight is 145 g/mol. The van der Waals surface area contributed by atoms with Crippen LogP contribution in [0.5, 0.6) is 0 Å². The number of carbonyl (C=O) groups excluding carboxylic acids is 1. The van der Waals surface area contributed by atoms with Gasteiger partial charge in [-0.25, -0.2) is 0 Å². The fraction of sp³-hybridized carbons (Fsp3) is 0.857. The second kappa shape index (κ2) is 5.23. The molecule has 0 saturated heterocycles. The molecule has 1 atom stereocenters. The molecule has 0 aromatic rings. The number of ether oxygens (including phenoxy) is 1. The Morgan fingerprint density at radius 3 is 2.50 bits per heavy atom. The first-order valence-electron chi connectivity index (χ1n) is 3.41. The van der Waals surface area contributed by atoms with Crippen LogP contribution in [-0.2, 0) is 9.53 Å². The molecule has 0 aliphatic heterocycles. The molecule has 60 valence electrons. The van der Waals surface area contributed by atoms with Gasteiger partial charge >= 0.3 is 0 Å². The molecule has 0 rings (SSSR count). The Morgan fingerprint density at radius 2 is 2.20 bits per heavy atom. The van der Waals surface area contributed by atoms with Crippen LogP contribution >= 0.6 is 0 Å². The van der Waals surface area contributed by atoms with Gasteiger partial charge in [-0.1, -0.05) is 13.8 Å². The van der Waals surface area contributed by atoms with E-state index in [4.69, 9.17) is 4.74 Å². The largest absolute Gasteiger partial charge is 0.383 e. The number of carbonyl (C=O) groups is 1. The van der Waals surface area contributed by atoms with Crippen molar-refractivity contribution < 1.29 is 9.53 Å². The van der Waals surface area contributed by atoms with E-state index in [1.54, 1.807) is 7.11 Å².